The van der Waals surface area contributed by atoms with Crippen molar-refractivity contribution in [2.45, 2.75) is 6.17 Å². The Kier molecular flexibility index (Phi) is 4.02. The van der Waals surface area contributed by atoms with Crippen LogP contribution in [-0.4, -0.2) is 13.0 Å². The number of benzene rings is 2. The lowest BCUT2D eigenvalue weighted by Crippen LogP contribution is -2.47. The van der Waals surface area contributed by atoms with E-state index >= 15 is 0 Å². The molecule has 0 saturated carbocycles. The molecule has 0 aliphatic carbocycles. The Morgan fingerprint density at radius 2 is 1.71 bits per heavy atom. The summed E-state index contributed by atoms with van der Waals surface area (Å²) >= 11 is 1.68. The summed E-state index contributed by atoms with van der Waals surface area (Å²) in [5.41, 5.74) is 3.60. The van der Waals surface area contributed by atoms with Crippen molar-refractivity contribution >= 4 is 28.6 Å². The van der Waals surface area contributed by atoms with Crippen LogP contribution >= 0.6 is 11.3 Å². The summed E-state index contributed by atoms with van der Waals surface area (Å²) in [5.74, 6) is 0.0168. The van der Waals surface area contributed by atoms with Crippen molar-refractivity contribution < 1.29 is 9.21 Å². The highest BCUT2D eigenvalue weighted by Gasteiger charge is 2.38. The Morgan fingerprint density at radius 1 is 0.929 bits per heavy atom. The van der Waals surface area contributed by atoms with E-state index in [4.69, 9.17) is 4.42 Å². The summed E-state index contributed by atoms with van der Waals surface area (Å²) in [6.45, 7) is 0. The van der Waals surface area contributed by atoms with E-state index in [1.807, 2.05) is 72.6 Å². The molecular formula is C23H18N2O2S. The summed E-state index contributed by atoms with van der Waals surface area (Å²) in [5, 5.41) is 0. The monoisotopic (exact) mass is 386 g/mol. The molecule has 4 aromatic rings. The molecule has 0 saturated heterocycles. The number of hydrogen-bond donors (Lipinski definition) is 0. The third-order valence-corrected chi connectivity index (χ3v) is 6.24. The van der Waals surface area contributed by atoms with Crippen LogP contribution in [-0.2, 0) is 0 Å². The van der Waals surface area contributed by atoms with Gasteiger partial charge in [-0.1, -0.05) is 30.3 Å². The van der Waals surface area contributed by atoms with Gasteiger partial charge in [-0.25, -0.2) is 0 Å². The van der Waals surface area contributed by atoms with Crippen LogP contribution < -0.4 is 9.80 Å². The second kappa shape index (κ2) is 6.69. The topological polar surface area (TPSA) is 36.7 Å². The molecule has 0 fully saturated rings. The molecule has 5 heteroatoms. The highest BCUT2D eigenvalue weighted by Crippen LogP contribution is 2.43. The van der Waals surface area contributed by atoms with Crippen molar-refractivity contribution in [3.8, 4) is 10.4 Å². The number of amides is 1. The fraction of sp³-hybridized carbons (Fsp3) is 0.0870. The van der Waals surface area contributed by atoms with E-state index < -0.39 is 0 Å². The van der Waals surface area contributed by atoms with Crippen LogP contribution in [0.15, 0.2) is 89.7 Å². The van der Waals surface area contributed by atoms with E-state index in [9.17, 15) is 4.79 Å². The van der Waals surface area contributed by atoms with E-state index in [-0.39, 0.29) is 12.1 Å². The van der Waals surface area contributed by atoms with Gasteiger partial charge in [-0.05, 0) is 42.5 Å². The largest absolute Gasteiger partial charge is 0.472 e. The molecule has 1 atom stereocenters. The average Bonchev–Trinajstić information content (AvgIpc) is 3.43. The maximum Gasteiger partial charge on any atom is 0.262 e. The first kappa shape index (κ1) is 16.8. The van der Waals surface area contributed by atoms with Crippen LogP contribution in [0.3, 0.4) is 0 Å². The molecule has 4 nitrogen and oxygen atoms in total. The molecular weight excluding hydrogens is 368 g/mol. The number of para-hydroxylation sites is 2. The van der Waals surface area contributed by atoms with Crippen LogP contribution in [0.5, 0.6) is 0 Å². The lowest BCUT2D eigenvalue weighted by Gasteiger charge is -2.43. The minimum Gasteiger partial charge on any atom is -0.472 e. The Bertz CT molecular complexity index is 1120. The quantitative estimate of drug-likeness (QED) is 0.446. The molecule has 3 heterocycles. The first-order chi connectivity index (χ1) is 13.7. The van der Waals surface area contributed by atoms with Crippen LogP contribution in [0.25, 0.3) is 10.4 Å². The van der Waals surface area contributed by atoms with Gasteiger partial charge in [-0.15, -0.1) is 11.3 Å². The SMILES string of the molecule is CN1c2ccccc2C(=O)N(c2ccccc2)C1c1ccc(-c2ccoc2)s1. The fourth-order valence-corrected chi connectivity index (χ4v) is 4.85. The van der Waals surface area contributed by atoms with Crippen LogP contribution in [0, 0.1) is 0 Å². The van der Waals surface area contributed by atoms with E-state index in [0.717, 1.165) is 32.3 Å². The van der Waals surface area contributed by atoms with E-state index in [1.54, 1.807) is 23.9 Å². The number of carbonyl (C=O) groups excluding carboxylic acids is 1. The van der Waals surface area contributed by atoms with Gasteiger partial charge in [0.05, 0.1) is 23.8 Å². The van der Waals surface area contributed by atoms with Gasteiger partial charge in [0.1, 0.15) is 6.17 Å². The normalized spacial score (nSPS) is 16.3. The van der Waals surface area contributed by atoms with E-state index in [0.29, 0.717) is 0 Å². The molecule has 1 aliphatic heterocycles. The summed E-state index contributed by atoms with van der Waals surface area (Å²) < 4.78 is 5.23. The molecule has 1 amide bonds. The second-order valence-electron chi connectivity index (χ2n) is 6.73. The van der Waals surface area contributed by atoms with Crippen molar-refractivity contribution in [2.24, 2.45) is 0 Å². The Morgan fingerprint density at radius 3 is 2.50 bits per heavy atom. The summed E-state index contributed by atoms with van der Waals surface area (Å²) in [6.07, 6.45) is 3.21. The molecule has 28 heavy (non-hydrogen) atoms. The third kappa shape index (κ3) is 2.63. The standard InChI is InChI=1S/C23H18N2O2S/c1-24-19-10-6-5-9-18(19)23(26)25(17-7-3-2-4-8-17)22(24)21-12-11-20(28-21)16-13-14-27-15-16/h2-15,22H,1H3. The van der Waals surface area contributed by atoms with Gasteiger partial charge in [0.2, 0.25) is 0 Å². The molecule has 1 unspecified atom stereocenters. The van der Waals surface area contributed by atoms with Crippen molar-refractivity contribution in [3.05, 3.63) is 95.8 Å². The smallest absolute Gasteiger partial charge is 0.262 e. The number of fused-ring (bicyclic) bond motifs is 1. The fourth-order valence-electron chi connectivity index (χ4n) is 3.72. The van der Waals surface area contributed by atoms with Gasteiger partial charge in [-0.2, -0.15) is 0 Å². The van der Waals surface area contributed by atoms with Gasteiger partial charge in [0.25, 0.3) is 5.91 Å². The van der Waals surface area contributed by atoms with Gasteiger partial charge in [-0.3, -0.25) is 9.69 Å². The number of furan rings is 1. The highest BCUT2D eigenvalue weighted by molar-refractivity contribution is 7.15. The zero-order valence-corrected chi connectivity index (χ0v) is 16.1. The predicted molar refractivity (Wildman–Crippen MR) is 113 cm³/mol. The van der Waals surface area contributed by atoms with E-state index in [1.165, 1.54) is 0 Å². The zero-order valence-electron chi connectivity index (χ0n) is 15.3. The number of nitrogens with zero attached hydrogens (tertiary/aromatic N) is 2. The minimum absolute atomic E-state index is 0.0168. The first-order valence-corrected chi connectivity index (χ1v) is 9.88. The number of rotatable bonds is 3. The number of hydrogen-bond acceptors (Lipinski definition) is 4. The summed E-state index contributed by atoms with van der Waals surface area (Å²) in [6, 6.07) is 23.8. The number of thiophene rings is 1. The van der Waals surface area contributed by atoms with Crippen molar-refractivity contribution in [2.75, 3.05) is 16.8 Å². The van der Waals surface area contributed by atoms with E-state index in [2.05, 4.69) is 17.0 Å². The Balaban J connectivity index is 1.66. The molecule has 0 N–H and O–H groups in total. The molecule has 0 radical (unpaired) electrons. The zero-order chi connectivity index (χ0) is 19.1. The molecule has 2 aromatic heterocycles. The van der Waals surface area contributed by atoms with Gasteiger partial charge >= 0.3 is 0 Å². The van der Waals surface area contributed by atoms with Gasteiger partial charge in [0, 0.05) is 28.1 Å². The van der Waals surface area contributed by atoms with Crippen molar-refractivity contribution in [1.29, 1.82) is 0 Å². The van der Waals surface area contributed by atoms with Crippen LogP contribution in [0.1, 0.15) is 21.4 Å². The van der Waals surface area contributed by atoms with Crippen LogP contribution in [0.2, 0.25) is 0 Å². The molecule has 0 spiro atoms. The second-order valence-corrected chi connectivity index (χ2v) is 7.84. The predicted octanol–water partition coefficient (Wildman–Crippen LogP) is 5.80. The molecule has 2 aromatic carbocycles. The minimum atomic E-state index is -0.213. The Labute approximate surface area is 167 Å². The summed E-state index contributed by atoms with van der Waals surface area (Å²) in [7, 11) is 2.04. The lowest BCUT2D eigenvalue weighted by molar-refractivity contribution is 0.0970. The maximum absolute atomic E-state index is 13.5. The van der Waals surface area contributed by atoms with Crippen molar-refractivity contribution in [3.63, 3.8) is 0 Å². The molecule has 0 bridgehead atoms. The molecule has 138 valence electrons. The maximum atomic E-state index is 13.5. The average molecular weight is 386 g/mol. The number of carbonyl (C=O) groups is 1. The third-order valence-electron chi connectivity index (χ3n) is 5.07. The Hall–Kier alpha value is -3.31. The number of anilines is 2. The molecule has 5 rings (SSSR count). The van der Waals surface area contributed by atoms with Gasteiger partial charge < -0.3 is 9.32 Å². The van der Waals surface area contributed by atoms with Gasteiger partial charge in [0.15, 0.2) is 0 Å². The summed E-state index contributed by atoms with van der Waals surface area (Å²) in [4.78, 5) is 19.8. The van der Waals surface area contributed by atoms with Crippen molar-refractivity contribution in [1.82, 2.24) is 0 Å². The highest BCUT2D eigenvalue weighted by atomic mass is 32.1. The first-order valence-electron chi connectivity index (χ1n) is 9.07. The molecule has 1 aliphatic rings. The lowest BCUT2D eigenvalue weighted by atomic mass is 10.0. The van der Waals surface area contributed by atoms with Crippen LogP contribution in [0.4, 0.5) is 11.4 Å².